The van der Waals surface area contributed by atoms with Gasteiger partial charge < -0.3 is 10.4 Å². The standard InChI is InChI=1S/C16H18N2O3S/c1-10(2)8-13(19)17-16-18-15(11-6-4-3-5-7-11)12(22-16)9-14(20)21/h3-7,10H,8-9H2,1-2H3,(H,20,21)(H,17,18,19). The Bertz CT molecular complexity index is 665. The molecule has 1 heterocycles. The number of hydrogen-bond acceptors (Lipinski definition) is 4. The highest BCUT2D eigenvalue weighted by molar-refractivity contribution is 7.16. The minimum absolute atomic E-state index is 0.106. The lowest BCUT2D eigenvalue weighted by Crippen LogP contribution is -2.13. The van der Waals surface area contributed by atoms with E-state index >= 15 is 0 Å². The summed E-state index contributed by atoms with van der Waals surface area (Å²) in [6.45, 7) is 3.93. The van der Waals surface area contributed by atoms with Crippen molar-refractivity contribution in [2.75, 3.05) is 5.32 Å². The molecule has 2 rings (SSSR count). The Morgan fingerprint density at radius 1 is 1.27 bits per heavy atom. The van der Waals surface area contributed by atoms with E-state index in [0.717, 1.165) is 5.56 Å². The van der Waals surface area contributed by atoms with Crippen LogP contribution in [0.4, 0.5) is 5.13 Å². The first kappa shape index (κ1) is 16.2. The Kier molecular flexibility index (Phi) is 5.27. The first-order valence-electron chi connectivity index (χ1n) is 7.02. The van der Waals surface area contributed by atoms with Crippen LogP contribution in [-0.2, 0) is 16.0 Å². The van der Waals surface area contributed by atoms with E-state index in [0.29, 0.717) is 22.1 Å². The molecule has 1 aromatic carbocycles. The van der Waals surface area contributed by atoms with Crippen molar-refractivity contribution in [3.8, 4) is 11.3 Å². The predicted molar refractivity (Wildman–Crippen MR) is 87.0 cm³/mol. The Morgan fingerprint density at radius 2 is 1.95 bits per heavy atom. The summed E-state index contributed by atoms with van der Waals surface area (Å²) in [6.07, 6.45) is 0.302. The minimum atomic E-state index is -0.916. The number of anilines is 1. The molecule has 6 heteroatoms. The molecule has 2 aromatic rings. The average molecular weight is 318 g/mol. The molecule has 0 aliphatic carbocycles. The number of carboxylic acid groups (broad SMARTS) is 1. The zero-order chi connectivity index (χ0) is 16.1. The fourth-order valence-corrected chi connectivity index (χ4v) is 3.02. The lowest BCUT2D eigenvalue weighted by Gasteiger charge is -2.03. The molecule has 0 aliphatic heterocycles. The summed E-state index contributed by atoms with van der Waals surface area (Å²) >= 11 is 1.21. The molecular weight excluding hydrogens is 300 g/mol. The van der Waals surface area contributed by atoms with Crippen LogP contribution < -0.4 is 5.32 Å². The van der Waals surface area contributed by atoms with Crippen LogP contribution in [-0.4, -0.2) is 22.0 Å². The minimum Gasteiger partial charge on any atom is -0.481 e. The van der Waals surface area contributed by atoms with E-state index in [4.69, 9.17) is 5.11 Å². The largest absolute Gasteiger partial charge is 0.481 e. The lowest BCUT2D eigenvalue weighted by molar-refractivity contribution is -0.136. The molecule has 1 aromatic heterocycles. The first-order valence-corrected chi connectivity index (χ1v) is 7.84. The number of rotatable bonds is 6. The second-order valence-corrected chi connectivity index (χ2v) is 6.46. The van der Waals surface area contributed by atoms with Gasteiger partial charge in [0.15, 0.2) is 5.13 Å². The molecule has 5 nitrogen and oxygen atoms in total. The van der Waals surface area contributed by atoms with Gasteiger partial charge in [-0.1, -0.05) is 44.2 Å². The number of thiazole rings is 1. The summed E-state index contributed by atoms with van der Waals surface area (Å²) in [5.74, 6) is -0.766. The van der Waals surface area contributed by atoms with Gasteiger partial charge in [0.25, 0.3) is 0 Å². The van der Waals surface area contributed by atoms with Gasteiger partial charge in [0.2, 0.25) is 5.91 Å². The summed E-state index contributed by atoms with van der Waals surface area (Å²) in [4.78, 5) is 27.9. The van der Waals surface area contributed by atoms with Crippen molar-refractivity contribution in [1.82, 2.24) is 4.98 Å². The first-order chi connectivity index (χ1) is 10.5. The highest BCUT2D eigenvalue weighted by atomic mass is 32.1. The van der Waals surface area contributed by atoms with E-state index in [2.05, 4.69) is 10.3 Å². The zero-order valence-corrected chi connectivity index (χ0v) is 13.3. The van der Waals surface area contributed by atoms with Crippen molar-refractivity contribution < 1.29 is 14.7 Å². The fraction of sp³-hybridized carbons (Fsp3) is 0.312. The van der Waals surface area contributed by atoms with Gasteiger partial charge in [0, 0.05) is 16.9 Å². The highest BCUT2D eigenvalue weighted by Gasteiger charge is 2.17. The van der Waals surface area contributed by atoms with E-state index in [9.17, 15) is 9.59 Å². The third kappa shape index (κ3) is 4.39. The molecule has 1 amide bonds. The van der Waals surface area contributed by atoms with Crippen LogP contribution in [0.5, 0.6) is 0 Å². The van der Waals surface area contributed by atoms with Crippen LogP contribution >= 0.6 is 11.3 Å². The topological polar surface area (TPSA) is 79.3 Å². The third-order valence-corrected chi connectivity index (χ3v) is 3.87. The summed E-state index contributed by atoms with van der Waals surface area (Å²) in [7, 11) is 0. The van der Waals surface area contributed by atoms with E-state index < -0.39 is 5.97 Å². The molecule has 0 spiro atoms. The molecule has 0 bridgehead atoms. The second kappa shape index (κ2) is 7.17. The van der Waals surface area contributed by atoms with Crippen LogP contribution in [0.1, 0.15) is 25.1 Å². The Balaban J connectivity index is 2.28. The van der Waals surface area contributed by atoms with Crippen molar-refractivity contribution in [3.63, 3.8) is 0 Å². The quantitative estimate of drug-likeness (QED) is 0.855. The molecule has 0 fully saturated rings. The fourth-order valence-electron chi connectivity index (χ4n) is 2.03. The van der Waals surface area contributed by atoms with Crippen LogP contribution in [0.15, 0.2) is 30.3 Å². The number of aromatic nitrogens is 1. The molecule has 0 atom stereocenters. The number of nitrogens with zero attached hydrogens (tertiary/aromatic N) is 1. The van der Waals surface area contributed by atoms with E-state index in [1.54, 1.807) is 0 Å². The number of nitrogens with one attached hydrogen (secondary N) is 1. The summed E-state index contributed by atoms with van der Waals surface area (Å²) in [6, 6.07) is 9.38. The van der Waals surface area contributed by atoms with Gasteiger partial charge in [0.1, 0.15) is 0 Å². The van der Waals surface area contributed by atoms with Crippen LogP contribution in [0.3, 0.4) is 0 Å². The van der Waals surface area contributed by atoms with E-state index in [1.807, 2.05) is 44.2 Å². The number of aliphatic carboxylic acids is 1. The van der Waals surface area contributed by atoms with E-state index in [-0.39, 0.29) is 18.2 Å². The maximum atomic E-state index is 11.8. The van der Waals surface area contributed by atoms with Gasteiger partial charge in [0.05, 0.1) is 12.1 Å². The molecular formula is C16H18N2O3S. The van der Waals surface area contributed by atoms with E-state index in [1.165, 1.54) is 11.3 Å². The molecule has 2 N–H and O–H groups in total. The van der Waals surface area contributed by atoms with Gasteiger partial charge >= 0.3 is 5.97 Å². The number of carbonyl (C=O) groups is 2. The monoisotopic (exact) mass is 318 g/mol. The number of amides is 1. The highest BCUT2D eigenvalue weighted by Crippen LogP contribution is 2.31. The Labute approximate surface area is 133 Å². The predicted octanol–water partition coefficient (Wildman–Crippen LogP) is 3.42. The molecule has 0 saturated heterocycles. The third-order valence-electron chi connectivity index (χ3n) is 2.90. The molecule has 22 heavy (non-hydrogen) atoms. The van der Waals surface area contributed by atoms with Crippen molar-refractivity contribution in [2.45, 2.75) is 26.7 Å². The maximum absolute atomic E-state index is 11.8. The number of carboxylic acids is 1. The molecule has 116 valence electrons. The number of hydrogen-bond donors (Lipinski definition) is 2. The zero-order valence-electron chi connectivity index (χ0n) is 12.5. The summed E-state index contributed by atoms with van der Waals surface area (Å²) in [5.41, 5.74) is 1.47. The smallest absolute Gasteiger partial charge is 0.308 e. The molecule has 0 radical (unpaired) electrons. The van der Waals surface area contributed by atoms with Gasteiger partial charge in [-0.05, 0) is 5.92 Å². The van der Waals surface area contributed by atoms with Gasteiger partial charge in [-0.25, -0.2) is 4.98 Å². The summed E-state index contributed by atoms with van der Waals surface area (Å²) in [5, 5.41) is 12.2. The van der Waals surface area contributed by atoms with Gasteiger partial charge in [-0.3, -0.25) is 9.59 Å². The Hall–Kier alpha value is -2.21. The second-order valence-electron chi connectivity index (χ2n) is 5.37. The number of carbonyl (C=O) groups excluding carboxylic acids is 1. The average Bonchev–Trinajstić information content (AvgIpc) is 2.80. The van der Waals surface area contributed by atoms with Gasteiger partial charge in [-0.2, -0.15) is 0 Å². The van der Waals surface area contributed by atoms with Crippen molar-refractivity contribution >= 4 is 28.3 Å². The van der Waals surface area contributed by atoms with Crippen molar-refractivity contribution in [2.24, 2.45) is 5.92 Å². The normalized spacial score (nSPS) is 10.7. The SMILES string of the molecule is CC(C)CC(=O)Nc1nc(-c2ccccc2)c(CC(=O)O)s1. The van der Waals surface area contributed by atoms with Gasteiger partial charge in [-0.15, -0.1) is 11.3 Å². The Morgan fingerprint density at radius 3 is 2.55 bits per heavy atom. The molecule has 0 saturated carbocycles. The molecule has 0 unspecified atom stereocenters. The maximum Gasteiger partial charge on any atom is 0.308 e. The van der Waals surface area contributed by atoms with Crippen LogP contribution in [0.25, 0.3) is 11.3 Å². The van der Waals surface area contributed by atoms with Crippen molar-refractivity contribution in [3.05, 3.63) is 35.2 Å². The molecule has 0 aliphatic rings. The van der Waals surface area contributed by atoms with Crippen LogP contribution in [0.2, 0.25) is 0 Å². The van der Waals surface area contributed by atoms with Crippen LogP contribution in [0, 0.1) is 5.92 Å². The number of benzene rings is 1. The van der Waals surface area contributed by atoms with Crippen molar-refractivity contribution in [1.29, 1.82) is 0 Å². The lowest BCUT2D eigenvalue weighted by atomic mass is 10.1. The summed E-state index contributed by atoms with van der Waals surface area (Å²) < 4.78 is 0.